The SMILES string of the molecule is Cc1cnc(CCNC(=O)N[C@H](C)c2ccc(F)cc2F)s1. The molecule has 22 heavy (non-hydrogen) atoms. The van der Waals surface area contributed by atoms with Crippen LogP contribution in [0.4, 0.5) is 13.6 Å². The van der Waals surface area contributed by atoms with Crippen LogP contribution in [0.5, 0.6) is 0 Å². The fourth-order valence-electron chi connectivity index (χ4n) is 1.98. The van der Waals surface area contributed by atoms with Gasteiger partial charge in [0.05, 0.1) is 11.0 Å². The summed E-state index contributed by atoms with van der Waals surface area (Å²) < 4.78 is 26.5. The van der Waals surface area contributed by atoms with Crippen molar-refractivity contribution < 1.29 is 13.6 Å². The minimum Gasteiger partial charge on any atom is -0.338 e. The van der Waals surface area contributed by atoms with Gasteiger partial charge in [0.15, 0.2) is 0 Å². The highest BCUT2D eigenvalue weighted by atomic mass is 32.1. The number of rotatable bonds is 5. The van der Waals surface area contributed by atoms with Crippen molar-refractivity contribution in [2.24, 2.45) is 0 Å². The summed E-state index contributed by atoms with van der Waals surface area (Å²) in [6.45, 7) is 4.05. The number of nitrogens with one attached hydrogen (secondary N) is 2. The lowest BCUT2D eigenvalue weighted by Crippen LogP contribution is -2.38. The minimum atomic E-state index is -0.675. The van der Waals surface area contributed by atoms with E-state index in [0.29, 0.717) is 13.0 Å². The molecule has 4 nitrogen and oxygen atoms in total. The minimum absolute atomic E-state index is 0.243. The summed E-state index contributed by atoms with van der Waals surface area (Å²) >= 11 is 1.59. The Morgan fingerprint density at radius 1 is 1.41 bits per heavy atom. The van der Waals surface area contributed by atoms with E-state index in [1.54, 1.807) is 24.5 Å². The quantitative estimate of drug-likeness (QED) is 0.886. The average molecular weight is 325 g/mol. The molecule has 0 unspecified atom stereocenters. The Kier molecular flexibility index (Phi) is 5.43. The standard InChI is InChI=1S/C15H17F2N3OS/c1-9-8-19-14(22-9)5-6-18-15(21)20-10(2)12-4-3-11(16)7-13(12)17/h3-4,7-8,10H,5-6H2,1-2H3,(H2,18,20,21)/t10-/m1/s1. The molecular formula is C15H17F2N3OS. The van der Waals surface area contributed by atoms with Crippen molar-refractivity contribution >= 4 is 17.4 Å². The molecule has 2 rings (SSSR count). The first-order valence-electron chi connectivity index (χ1n) is 6.86. The van der Waals surface area contributed by atoms with Gasteiger partial charge in [0.25, 0.3) is 0 Å². The van der Waals surface area contributed by atoms with Gasteiger partial charge in [-0.25, -0.2) is 18.6 Å². The molecule has 1 atom stereocenters. The number of thiazole rings is 1. The van der Waals surface area contributed by atoms with E-state index in [1.807, 2.05) is 6.92 Å². The van der Waals surface area contributed by atoms with Crippen LogP contribution in [0, 0.1) is 18.6 Å². The molecule has 1 heterocycles. The number of nitrogens with zero attached hydrogens (tertiary/aromatic N) is 1. The van der Waals surface area contributed by atoms with Crippen LogP contribution in [0.25, 0.3) is 0 Å². The van der Waals surface area contributed by atoms with Gasteiger partial charge in [0.2, 0.25) is 0 Å². The molecule has 2 N–H and O–H groups in total. The maximum Gasteiger partial charge on any atom is 0.315 e. The topological polar surface area (TPSA) is 54.0 Å². The van der Waals surface area contributed by atoms with Crippen LogP contribution in [-0.2, 0) is 6.42 Å². The molecule has 1 aromatic heterocycles. The predicted octanol–water partition coefficient (Wildman–Crippen LogP) is 3.33. The smallest absolute Gasteiger partial charge is 0.315 e. The number of hydrogen-bond acceptors (Lipinski definition) is 3. The van der Waals surface area contributed by atoms with Crippen molar-refractivity contribution in [2.75, 3.05) is 6.54 Å². The van der Waals surface area contributed by atoms with E-state index >= 15 is 0 Å². The lowest BCUT2D eigenvalue weighted by atomic mass is 10.1. The number of carbonyl (C=O) groups excluding carboxylic acids is 1. The summed E-state index contributed by atoms with van der Waals surface area (Å²) in [5.41, 5.74) is 0.243. The van der Waals surface area contributed by atoms with Crippen molar-refractivity contribution in [3.05, 3.63) is 51.5 Å². The number of benzene rings is 1. The van der Waals surface area contributed by atoms with Crippen LogP contribution in [0.3, 0.4) is 0 Å². The van der Waals surface area contributed by atoms with Crippen molar-refractivity contribution in [1.29, 1.82) is 0 Å². The van der Waals surface area contributed by atoms with E-state index in [-0.39, 0.29) is 5.56 Å². The van der Waals surface area contributed by atoms with Gasteiger partial charge in [-0.05, 0) is 19.9 Å². The van der Waals surface area contributed by atoms with Gasteiger partial charge >= 0.3 is 6.03 Å². The Morgan fingerprint density at radius 2 is 2.18 bits per heavy atom. The molecule has 7 heteroatoms. The van der Waals surface area contributed by atoms with Crippen LogP contribution in [0.15, 0.2) is 24.4 Å². The zero-order chi connectivity index (χ0) is 16.1. The van der Waals surface area contributed by atoms with Crippen molar-refractivity contribution in [3.8, 4) is 0 Å². The third-order valence-corrected chi connectivity index (χ3v) is 4.04. The van der Waals surface area contributed by atoms with Crippen molar-refractivity contribution in [3.63, 3.8) is 0 Å². The molecule has 0 bridgehead atoms. The summed E-state index contributed by atoms with van der Waals surface area (Å²) in [6, 6.07) is 2.34. The second-order valence-corrected chi connectivity index (χ2v) is 6.22. The molecule has 2 aromatic rings. The summed E-state index contributed by atoms with van der Waals surface area (Å²) in [5.74, 6) is -1.32. The van der Waals surface area contributed by atoms with Crippen LogP contribution >= 0.6 is 11.3 Å². The Morgan fingerprint density at radius 3 is 2.82 bits per heavy atom. The highest BCUT2D eigenvalue weighted by molar-refractivity contribution is 7.11. The summed E-state index contributed by atoms with van der Waals surface area (Å²) in [4.78, 5) is 17.1. The molecule has 0 saturated heterocycles. The Labute approximate surface area is 131 Å². The third kappa shape index (κ3) is 4.49. The first-order chi connectivity index (χ1) is 10.5. The molecule has 0 aliphatic carbocycles. The number of aryl methyl sites for hydroxylation is 1. The third-order valence-electron chi connectivity index (χ3n) is 3.07. The van der Waals surface area contributed by atoms with Gasteiger partial charge in [-0.1, -0.05) is 6.07 Å². The summed E-state index contributed by atoms with van der Waals surface area (Å²) in [7, 11) is 0. The second-order valence-electron chi connectivity index (χ2n) is 4.90. The first kappa shape index (κ1) is 16.4. The molecule has 0 spiro atoms. The van der Waals surface area contributed by atoms with Crippen molar-refractivity contribution in [1.82, 2.24) is 15.6 Å². The number of hydrogen-bond donors (Lipinski definition) is 2. The van der Waals surface area contributed by atoms with Gasteiger partial charge in [-0.3, -0.25) is 0 Å². The molecule has 1 aromatic carbocycles. The molecule has 0 radical (unpaired) electrons. The maximum absolute atomic E-state index is 13.6. The van der Waals surface area contributed by atoms with E-state index in [2.05, 4.69) is 15.6 Å². The normalized spacial score (nSPS) is 12.0. The van der Waals surface area contributed by atoms with Gasteiger partial charge in [0, 0.05) is 35.7 Å². The van der Waals surface area contributed by atoms with Gasteiger partial charge < -0.3 is 10.6 Å². The number of halogens is 2. The Bertz CT molecular complexity index is 660. The van der Waals surface area contributed by atoms with Crippen molar-refractivity contribution in [2.45, 2.75) is 26.3 Å². The Hall–Kier alpha value is -2.02. The van der Waals surface area contributed by atoms with Crippen LogP contribution in [-0.4, -0.2) is 17.6 Å². The highest BCUT2D eigenvalue weighted by Gasteiger charge is 2.14. The van der Waals surface area contributed by atoms with Gasteiger partial charge in [-0.2, -0.15) is 0 Å². The zero-order valence-electron chi connectivity index (χ0n) is 12.3. The molecule has 0 saturated carbocycles. The van der Waals surface area contributed by atoms with E-state index < -0.39 is 23.7 Å². The van der Waals surface area contributed by atoms with Crippen LogP contribution in [0.2, 0.25) is 0 Å². The molecule has 2 amide bonds. The van der Waals surface area contributed by atoms with E-state index in [1.165, 1.54) is 12.1 Å². The number of urea groups is 1. The first-order valence-corrected chi connectivity index (χ1v) is 7.68. The van der Waals surface area contributed by atoms with Gasteiger partial charge in [0.1, 0.15) is 11.6 Å². The van der Waals surface area contributed by atoms with E-state index in [4.69, 9.17) is 0 Å². The lowest BCUT2D eigenvalue weighted by molar-refractivity contribution is 0.238. The maximum atomic E-state index is 13.6. The fourth-order valence-corrected chi connectivity index (χ4v) is 2.76. The predicted molar refractivity (Wildman–Crippen MR) is 81.9 cm³/mol. The van der Waals surface area contributed by atoms with E-state index in [0.717, 1.165) is 16.0 Å². The molecule has 0 fully saturated rings. The lowest BCUT2D eigenvalue weighted by Gasteiger charge is -2.15. The monoisotopic (exact) mass is 325 g/mol. The number of amides is 2. The zero-order valence-corrected chi connectivity index (χ0v) is 13.1. The van der Waals surface area contributed by atoms with Crippen LogP contribution in [0.1, 0.15) is 28.4 Å². The molecule has 0 aliphatic heterocycles. The number of aromatic nitrogens is 1. The van der Waals surface area contributed by atoms with E-state index in [9.17, 15) is 13.6 Å². The summed E-state index contributed by atoms with van der Waals surface area (Å²) in [5, 5.41) is 6.26. The number of carbonyl (C=O) groups is 1. The second kappa shape index (κ2) is 7.31. The Balaban J connectivity index is 1.81. The largest absolute Gasteiger partial charge is 0.338 e. The summed E-state index contributed by atoms with van der Waals surface area (Å²) in [6.07, 6.45) is 2.44. The fraction of sp³-hybridized carbons (Fsp3) is 0.333. The average Bonchev–Trinajstić information content (AvgIpc) is 2.84. The van der Waals surface area contributed by atoms with Gasteiger partial charge in [-0.15, -0.1) is 11.3 Å². The highest BCUT2D eigenvalue weighted by Crippen LogP contribution is 2.17. The molecular weight excluding hydrogens is 308 g/mol. The van der Waals surface area contributed by atoms with Crippen LogP contribution < -0.4 is 10.6 Å². The molecule has 118 valence electrons. The molecule has 0 aliphatic rings.